The quantitative estimate of drug-likeness (QED) is 0.140. The summed E-state index contributed by atoms with van der Waals surface area (Å²) < 4.78 is 28.3. The molecular formula is C73H73BN2. The minimum absolute atomic E-state index is 0.0813. The van der Waals surface area contributed by atoms with Crippen LogP contribution in [0.3, 0.4) is 0 Å². The van der Waals surface area contributed by atoms with Crippen LogP contribution >= 0.6 is 0 Å². The van der Waals surface area contributed by atoms with Crippen LogP contribution in [0.5, 0.6) is 0 Å². The van der Waals surface area contributed by atoms with Crippen LogP contribution in [0.15, 0.2) is 200 Å². The number of benzene rings is 9. The van der Waals surface area contributed by atoms with Crippen molar-refractivity contribution in [1.82, 2.24) is 0 Å². The summed E-state index contributed by atoms with van der Waals surface area (Å²) in [6.07, 6.45) is 2.14. The molecule has 0 amide bonds. The smallest absolute Gasteiger partial charge is 0.252 e. The number of fused-ring (bicyclic) bond motifs is 5. The highest BCUT2D eigenvalue weighted by molar-refractivity contribution is 7.00. The summed E-state index contributed by atoms with van der Waals surface area (Å²) in [6.45, 7) is 23.2. The Hall–Kier alpha value is -7.36. The zero-order valence-electron chi connectivity index (χ0n) is 49.4. The van der Waals surface area contributed by atoms with Gasteiger partial charge in [0.1, 0.15) is 0 Å². The van der Waals surface area contributed by atoms with Gasteiger partial charge in [-0.15, -0.1) is 0 Å². The van der Waals surface area contributed by atoms with Crippen molar-refractivity contribution in [3.63, 3.8) is 0 Å². The van der Waals surface area contributed by atoms with Crippen molar-refractivity contribution >= 4 is 57.2 Å². The van der Waals surface area contributed by atoms with E-state index in [1.807, 2.05) is 12.1 Å². The van der Waals surface area contributed by atoms with Crippen LogP contribution in [-0.4, -0.2) is 6.71 Å². The highest BCUT2D eigenvalue weighted by atomic mass is 15.2. The van der Waals surface area contributed by atoms with E-state index in [0.29, 0.717) is 5.56 Å². The van der Waals surface area contributed by atoms with Crippen molar-refractivity contribution in [3.05, 3.63) is 245 Å². The molecule has 3 heteroatoms. The van der Waals surface area contributed by atoms with E-state index in [2.05, 4.69) is 274 Å². The second kappa shape index (κ2) is 17.9. The zero-order valence-corrected chi connectivity index (χ0v) is 46.4. The van der Waals surface area contributed by atoms with E-state index in [1.54, 1.807) is 0 Å². The number of hydrogen-bond acceptors (Lipinski definition) is 2. The number of nitrogens with zero attached hydrogens (tertiary/aromatic N) is 2. The molecule has 0 N–H and O–H groups in total. The number of anilines is 6. The topological polar surface area (TPSA) is 6.48 Å². The van der Waals surface area contributed by atoms with E-state index in [4.69, 9.17) is 0 Å². The molecule has 9 aromatic rings. The van der Waals surface area contributed by atoms with E-state index < -0.39 is 6.85 Å². The third-order valence-electron chi connectivity index (χ3n) is 17.9. The minimum Gasteiger partial charge on any atom is -0.311 e. The van der Waals surface area contributed by atoms with Gasteiger partial charge in [-0.25, -0.2) is 0 Å². The normalized spacial score (nSPS) is 16.1. The molecule has 9 aromatic carbocycles. The monoisotopic (exact) mass is 992 g/mol. The first-order valence-electron chi connectivity index (χ1n) is 29.1. The van der Waals surface area contributed by atoms with Crippen LogP contribution in [0.1, 0.15) is 138 Å². The molecule has 2 nitrogen and oxygen atoms in total. The van der Waals surface area contributed by atoms with Crippen LogP contribution in [0.4, 0.5) is 34.1 Å². The third-order valence-corrected chi connectivity index (χ3v) is 17.9. The molecule has 0 saturated heterocycles. The van der Waals surface area contributed by atoms with Crippen LogP contribution in [0.25, 0.3) is 22.3 Å². The zero-order chi connectivity index (χ0) is 55.6. The Bertz CT molecular complexity index is 3810. The second-order valence-electron chi connectivity index (χ2n) is 25.5. The fourth-order valence-electron chi connectivity index (χ4n) is 13.2. The lowest BCUT2D eigenvalue weighted by atomic mass is 9.33. The van der Waals surface area contributed by atoms with Gasteiger partial charge in [0.2, 0.25) is 0 Å². The standard InChI is InChI=1S/C73H73BN2/c1-48-40-66-68-67(41-48)76(63-45-56(49-26-17-13-18-27-49)58(69(2,3)4)44-57(63)50-28-19-14-20-29-50)65-47-60-59(70(5,6)38-39-71(60,7)8)46-62(65)74(68)61-37-36-54(73(11,12)52-32-23-16-24-33-52)43-64(61)75(66)55-35-25-34-53(42-55)72(9,10)51-30-21-15-22-31-51/h13-37,40-47H,38-39H2,1-12H3/i1D3. The van der Waals surface area contributed by atoms with E-state index in [9.17, 15) is 4.11 Å². The van der Waals surface area contributed by atoms with Crippen LogP contribution in [-0.2, 0) is 27.1 Å². The van der Waals surface area contributed by atoms with Gasteiger partial charge in [0.15, 0.2) is 0 Å². The van der Waals surface area contributed by atoms with E-state index in [0.717, 1.165) is 74.7 Å². The molecule has 0 radical (unpaired) electrons. The Morgan fingerprint density at radius 3 is 1.49 bits per heavy atom. The summed E-state index contributed by atoms with van der Waals surface area (Å²) in [6, 6.07) is 73.4. The van der Waals surface area contributed by atoms with Crippen molar-refractivity contribution in [1.29, 1.82) is 0 Å². The second-order valence-corrected chi connectivity index (χ2v) is 25.5. The maximum atomic E-state index is 9.42. The summed E-state index contributed by atoms with van der Waals surface area (Å²) in [5, 5.41) is 0. The molecule has 378 valence electrons. The highest BCUT2D eigenvalue weighted by Gasteiger charge is 2.47. The van der Waals surface area contributed by atoms with Crippen molar-refractivity contribution < 1.29 is 4.11 Å². The van der Waals surface area contributed by atoms with E-state index in [1.165, 1.54) is 49.9 Å². The molecule has 12 rings (SSSR count). The van der Waals surface area contributed by atoms with Crippen LogP contribution < -0.4 is 26.2 Å². The molecule has 2 aliphatic heterocycles. The Morgan fingerprint density at radius 1 is 0.421 bits per heavy atom. The van der Waals surface area contributed by atoms with Gasteiger partial charge >= 0.3 is 0 Å². The molecule has 0 saturated carbocycles. The summed E-state index contributed by atoms with van der Waals surface area (Å²) >= 11 is 0. The highest BCUT2D eigenvalue weighted by Crippen LogP contribution is 2.53. The first-order valence-corrected chi connectivity index (χ1v) is 27.6. The Balaban J connectivity index is 1.24. The Morgan fingerprint density at radius 2 is 0.921 bits per heavy atom. The molecule has 1 aliphatic carbocycles. The molecular weight excluding hydrogens is 916 g/mol. The predicted octanol–water partition coefficient (Wildman–Crippen LogP) is 17.7. The van der Waals surface area contributed by atoms with Gasteiger partial charge in [-0.05, 0) is 162 Å². The largest absolute Gasteiger partial charge is 0.311 e. The Labute approximate surface area is 458 Å². The van der Waals surface area contributed by atoms with Crippen molar-refractivity contribution in [3.8, 4) is 22.3 Å². The predicted molar refractivity (Wildman–Crippen MR) is 327 cm³/mol. The molecule has 3 aliphatic rings. The van der Waals surface area contributed by atoms with Crippen molar-refractivity contribution in [2.45, 2.75) is 123 Å². The summed E-state index contributed by atoms with van der Waals surface area (Å²) in [5.74, 6) is 0. The van der Waals surface area contributed by atoms with Gasteiger partial charge in [0.25, 0.3) is 6.71 Å². The Kier molecular flexibility index (Phi) is 10.8. The average Bonchev–Trinajstić information content (AvgIpc) is 3.13. The summed E-state index contributed by atoms with van der Waals surface area (Å²) in [7, 11) is 0. The van der Waals surface area contributed by atoms with Gasteiger partial charge < -0.3 is 9.80 Å². The molecule has 0 fully saturated rings. The fourth-order valence-corrected chi connectivity index (χ4v) is 13.2. The average molecular weight is 992 g/mol. The molecule has 76 heavy (non-hydrogen) atoms. The van der Waals surface area contributed by atoms with Crippen LogP contribution in [0, 0.1) is 6.85 Å². The van der Waals surface area contributed by atoms with E-state index in [-0.39, 0.29) is 33.8 Å². The maximum absolute atomic E-state index is 9.42. The molecule has 0 unspecified atom stereocenters. The van der Waals surface area contributed by atoms with Crippen molar-refractivity contribution in [2.75, 3.05) is 9.80 Å². The maximum Gasteiger partial charge on any atom is 0.252 e. The van der Waals surface area contributed by atoms with Crippen LogP contribution in [0.2, 0.25) is 0 Å². The number of aryl methyl sites for hydroxylation is 1. The summed E-state index contributed by atoms with van der Waals surface area (Å²) in [4.78, 5) is 4.91. The minimum atomic E-state index is -2.44. The SMILES string of the molecule is [2H]C([2H])([2H])c1cc2c3c(c1)N(c1cc(-c4ccccc4)c(C(C)(C)C)cc1-c1ccccc1)c1cc4c(cc1B3c1ccc(C(C)(C)c3ccccc3)cc1N2c1cccc(C(C)(C)c2ccccc2)c1)C(C)(C)CCC4(C)C. The number of rotatable bonds is 8. The summed E-state index contributed by atoms with van der Waals surface area (Å²) in [5.41, 5.74) is 22.0. The van der Waals surface area contributed by atoms with Gasteiger partial charge in [-0.1, -0.05) is 228 Å². The van der Waals surface area contributed by atoms with Crippen molar-refractivity contribution in [2.24, 2.45) is 0 Å². The van der Waals surface area contributed by atoms with Gasteiger partial charge in [0, 0.05) is 48.9 Å². The molecule has 0 atom stereocenters. The lowest BCUT2D eigenvalue weighted by Gasteiger charge is -2.48. The lowest BCUT2D eigenvalue weighted by molar-refractivity contribution is 0.332. The third kappa shape index (κ3) is 8.07. The molecule has 0 bridgehead atoms. The van der Waals surface area contributed by atoms with Gasteiger partial charge in [0.05, 0.1) is 5.69 Å². The molecule has 0 spiro atoms. The first kappa shape index (κ1) is 46.0. The van der Waals surface area contributed by atoms with Gasteiger partial charge in [-0.2, -0.15) is 0 Å². The lowest BCUT2D eigenvalue weighted by Crippen LogP contribution is -2.62. The fraction of sp³-hybridized carbons (Fsp3) is 0.260. The van der Waals surface area contributed by atoms with Gasteiger partial charge in [-0.3, -0.25) is 0 Å². The molecule has 2 heterocycles. The first-order chi connectivity index (χ1) is 37.4. The molecule has 0 aromatic heterocycles. The number of hydrogen-bond donors (Lipinski definition) is 0. The van der Waals surface area contributed by atoms with E-state index >= 15 is 0 Å².